The van der Waals surface area contributed by atoms with Gasteiger partial charge in [0.15, 0.2) is 5.82 Å². The van der Waals surface area contributed by atoms with E-state index in [9.17, 15) is 9.18 Å². The fraction of sp³-hybridized carbons (Fsp3) is 0.118. The van der Waals surface area contributed by atoms with E-state index in [0.717, 1.165) is 11.6 Å². The number of pyridine rings is 1. The fourth-order valence-corrected chi connectivity index (χ4v) is 2.14. The lowest BCUT2D eigenvalue weighted by molar-refractivity contribution is 0.0935. The van der Waals surface area contributed by atoms with Crippen molar-refractivity contribution in [2.24, 2.45) is 0 Å². The second-order valence-electron chi connectivity index (χ2n) is 5.09. The Morgan fingerprint density at radius 2 is 2.04 bits per heavy atom. The molecule has 0 saturated carbocycles. The van der Waals surface area contributed by atoms with Crippen molar-refractivity contribution in [1.82, 2.24) is 15.4 Å². The Hall–Kier alpha value is -3.42. The standard InChI is InChI=1S/C17H15FN4O3/c1-10-14(25-16(20-10)11-6-4-3-5-7-11)15(23)22-21-12-8-13(18)17(24-2)19-9-12/h3-9,21H,1-2H3,(H,22,23). The van der Waals surface area contributed by atoms with Gasteiger partial charge < -0.3 is 9.15 Å². The monoisotopic (exact) mass is 342 g/mol. The number of hydrogen-bond donors (Lipinski definition) is 2. The zero-order chi connectivity index (χ0) is 17.8. The van der Waals surface area contributed by atoms with Crippen molar-refractivity contribution in [3.8, 4) is 17.3 Å². The molecule has 1 aromatic carbocycles. The molecule has 8 heteroatoms. The molecule has 1 amide bonds. The number of aromatic nitrogens is 2. The highest BCUT2D eigenvalue weighted by Crippen LogP contribution is 2.21. The zero-order valence-electron chi connectivity index (χ0n) is 13.5. The second-order valence-corrected chi connectivity index (χ2v) is 5.09. The molecule has 0 spiro atoms. The molecule has 0 saturated heterocycles. The summed E-state index contributed by atoms with van der Waals surface area (Å²) >= 11 is 0. The van der Waals surface area contributed by atoms with E-state index in [1.807, 2.05) is 30.3 Å². The Balaban J connectivity index is 1.71. The van der Waals surface area contributed by atoms with Gasteiger partial charge in [0.05, 0.1) is 24.7 Å². The number of halogens is 1. The average molecular weight is 342 g/mol. The fourth-order valence-electron chi connectivity index (χ4n) is 2.14. The van der Waals surface area contributed by atoms with Gasteiger partial charge in [-0.25, -0.2) is 14.4 Å². The summed E-state index contributed by atoms with van der Waals surface area (Å²) < 4.78 is 23.9. The highest BCUT2D eigenvalue weighted by Gasteiger charge is 2.18. The maximum atomic E-state index is 13.6. The minimum absolute atomic E-state index is 0.0632. The predicted octanol–water partition coefficient (Wildman–Crippen LogP) is 2.95. The van der Waals surface area contributed by atoms with Gasteiger partial charge in [-0.2, -0.15) is 0 Å². The number of amides is 1. The van der Waals surface area contributed by atoms with E-state index in [0.29, 0.717) is 11.6 Å². The van der Waals surface area contributed by atoms with Gasteiger partial charge in [-0.3, -0.25) is 15.6 Å². The summed E-state index contributed by atoms with van der Waals surface area (Å²) in [6.45, 7) is 1.67. The number of methoxy groups -OCH3 is 1. The second kappa shape index (κ2) is 7.00. The third kappa shape index (κ3) is 3.57. The van der Waals surface area contributed by atoms with Crippen LogP contribution in [0.4, 0.5) is 10.1 Å². The van der Waals surface area contributed by atoms with Crippen molar-refractivity contribution < 1.29 is 18.3 Å². The molecule has 0 aliphatic carbocycles. The van der Waals surface area contributed by atoms with E-state index in [1.165, 1.54) is 13.3 Å². The van der Waals surface area contributed by atoms with E-state index in [1.54, 1.807) is 6.92 Å². The van der Waals surface area contributed by atoms with E-state index < -0.39 is 11.7 Å². The summed E-state index contributed by atoms with van der Waals surface area (Å²) in [6, 6.07) is 10.4. The predicted molar refractivity (Wildman–Crippen MR) is 88.5 cm³/mol. The van der Waals surface area contributed by atoms with Crippen LogP contribution in [-0.2, 0) is 0 Å². The van der Waals surface area contributed by atoms with Gasteiger partial charge in [0.2, 0.25) is 17.5 Å². The Kier molecular flexibility index (Phi) is 4.60. The topological polar surface area (TPSA) is 89.3 Å². The van der Waals surface area contributed by atoms with Crippen LogP contribution in [0, 0.1) is 12.7 Å². The molecule has 0 radical (unpaired) electrons. The van der Waals surface area contributed by atoms with Crippen molar-refractivity contribution in [2.75, 3.05) is 12.5 Å². The third-order valence-electron chi connectivity index (χ3n) is 3.34. The van der Waals surface area contributed by atoms with Crippen molar-refractivity contribution >= 4 is 11.6 Å². The Labute approximate surface area is 142 Å². The first-order chi connectivity index (χ1) is 12.1. The van der Waals surface area contributed by atoms with Crippen molar-refractivity contribution in [3.63, 3.8) is 0 Å². The molecule has 0 aliphatic rings. The number of aryl methyl sites for hydroxylation is 1. The Bertz CT molecular complexity index is 896. The molecule has 2 N–H and O–H groups in total. The number of carbonyl (C=O) groups is 1. The van der Waals surface area contributed by atoms with Crippen LogP contribution in [0.2, 0.25) is 0 Å². The number of benzene rings is 1. The SMILES string of the molecule is COc1ncc(NNC(=O)c2oc(-c3ccccc3)nc2C)cc1F. The van der Waals surface area contributed by atoms with E-state index in [-0.39, 0.29) is 17.3 Å². The van der Waals surface area contributed by atoms with Gasteiger partial charge in [0.25, 0.3) is 0 Å². The summed E-state index contributed by atoms with van der Waals surface area (Å²) in [7, 11) is 1.32. The number of oxazole rings is 1. The molecule has 2 heterocycles. The van der Waals surface area contributed by atoms with Crippen LogP contribution in [0.15, 0.2) is 47.0 Å². The molecule has 0 unspecified atom stereocenters. The van der Waals surface area contributed by atoms with Crippen LogP contribution in [0.3, 0.4) is 0 Å². The van der Waals surface area contributed by atoms with Crippen molar-refractivity contribution in [2.45, 2.75) is 6.92 Å². The number of nitrogens with zero attached hydrogens (tertiary/aromatic N) is 2. The number of carbonyl (C=O) groups excluding carboxylic acids is 1. The summed E-state index contributed by atoms with van der Waals surface area (Å²) in [5.41, 5.74) is 6.44. The highest BCUT2D eigenvalue weighted by atomic mass is 19.1. The van der Waals surface area contributed by atoms with Crippen LogP contribution in [0.1, 0.15) is 16.2 Å². The Morgan fingerprint density at radius 3 is 2.72 bits per heavy atom. The molecule has 128 valence electrons. The number of nitrogens with one attached hydrogen (secondary N) is 2. The Morgan fingerprint density at radius 1 is 1.28 bits per heavy atom. The van der Waals surface area contributed by atoms with Crippen LogP contribution >= 0.6 is 0 Å². The lowest BCUT2D eigenvalue weighted by Gasteiger charge is -2.08. The molecule has 25 heavy (non-hydrogen) atoms. The first kappa shape index (κ1) is 16.4. The van der Waals surface area contributed by atoms with Gasteiger partial charge in [-0.15, -0.1) is 0 Å². The van der Waals surface area contributed by atoms with Gasteiger partial charge in [-0.05, 0) is 19.1 Å². The molecule has 0 atom stereocenters. The summed E-state index contributed by atoms with van der Waals surface area (Å²) in [6.07, 6.45) is 1.32. The molecule has 2 aromatic heterocycles. The lowest BCUT2D eigenvalue weighted by atomic mass is 10.2. The van der Waals surface area contributed by atoms with E-state index >= 15 is 0 Å². The van der Waals surface area contributed by atoms with Gasteiger partial charge in [0, 0.05) is 11.6 Å². The van der Waals surface area contributed by atoms with Gasteiger partial charge in [-0.1, -0.05) is 18.2 Å². The van der Waals surface area contributed by atoms with Crippen LogP contribution in [-0.4, -0.2) is 23.0 Å². The molecular weight excluding hydrogens is 327 g/mol. The normalized spacial score (nSPS) is 10.4. The minimum Gasteiger partial charge on any atom is -0.479 e. The van der Waals surface area contributed by atoms with E-state index in [4.69, 9.17) is 9.15 Å². The number of hydrazine groups is 1. The molecular formula is C17H15FN4O3. The highest BCUT2D eigenvalue weighted by molar-refractivity contribution is 5.93. The molecule has 0 fully saturated rings. The number of hydrogen-bond acceptors (Lipinski definition) is 6. The summed E-state index contributed by atoms with van der Waals surface area (Å²) in [5.74, 6) is -0.906. The number of anilines is 1. The first-order valence-corrected chi connectivity index (χ1v) is 7.37. The molecule has 3 rings (SSSR count). The molecule has 0 aliphatic heterocycles. The quantitative estimate of drug-likeness (QED) is 0.693. The third-order valence-corrected chi connectivity index (χ3v) is 3.34. The zero-order valence-corrected chi connectivity index (χ0v) is 13.5. The smallest absolute Gasteiger partial charge is 0.307 e. The maximum absolute atomic E-state index is 13.6. The summed E-state index contributed by atoms with van der Waals surface area (Å²) in [5, 5.41) is 0. The van der Waals surface area contributed by atoms with Crippen LogP contribution in [0.25, 0.3) is 11.5 Å². The van der Waals surface area contributed by atoms with Gasteiger partial charge >= 0.3 is 5.91 Å². The van der Waals surface area contributed by atoms with E-state index in [2.05, 4.69) is 20.8 Å². The van der Waals surface area contributed by atoms with Crippen molar-refractivity contribution in [3.05, 3.63) is 59.9 Å². The summed E-state index contributed by atoms with van der Waals surface area (Å²) in [4.78, 5) is 20.3. The average Bonchev–Trinajstić information content (AvgIpc) is 3.02. The molecule has 0 bridgehead atoms. The first-order valence-electron chi connectivity index (χ1n) is 7.37. The minimum atomic E-state index is -0.649. The van der Waals surface area contributed by atoms with Crippen molar-refractivity contribution in [1.29, 1.82) is 0 Å². The largest absolute Gasteiger partial charge is 0.479 e. The molecule has 3 aromatic rings. The number of ether oxygens (including phenoxy) is 1. The lowest BCUT2D eigenvalue weighted by Crippen LogP contribution is -2.29. The van der Waals surface area contributed by atoms with Crippen LogP contribution in [0.5, 0.6) is 5.88 Å². The molecule has 7 nitrogen and oxygen atoms in total. The van der Waals surface area contributed by atoms with Gasteiger partial charge in [0.1, 0.15) is 0 Å². The number of rotatable bonds is 5. The maximum Gasteiger partial charge on any atom is 0.307 e. The van der Waals surface area contributed by atoms with Crippen LogP contribution < -0.4 is 15.6 Å².